The molecule has 0 spiro atoms. The number of rotatable bonds is 4. The molecule has 1 fully saturated rings. The van der Waals surface area contributed by atoms with E-state index in [9.17, 15) is 0 Å². The Balaban J connectivity index is 0. The predicted molar refractivity (Wildman–Crippen MR) is 133 cm³/mol. The summed E-state index contributed by atoms with van der Waals surface area (Å²) in [5.74, 6) is 0.835. The quantitative estimate of drug-likeness (QED) is 0.452. The smallest absolute Gasteiger partial charge is 0.0132 e. The Labute approximate surface area is 178 Å². The summed E-state index contributed by atoms with van der Waals surface area (Å²) in [5, 5.41) is 0. The minimum Gasteiger partial charge on any atom is -0.106 e. The van der Waals surface area contributed by atoms with Crippen LogP contribution in [-0.4, -0.2) is 0 Å². The van der Waals surface area contributed by atoms with Gasteiger partial charge in [0, 0.05) is 0 Å². The number of hydrogen-bond acceptors (Lipinski definition) is 0. The van der Waals surface area contributed by atoms with Crippen molar-refractivity contribution in [1.29, 1.82) is 0 Å². The lowest BCUT2D eigenvalue weighted by molar-refractivity contribution is 0.388. The van der Waals surface area contributed by atoms with Gasteiger partial charge in [0.1, 0.15) is 0 Å². The van der Waals surface area contributed by atoms with Crippen LogP contribution in [0.1, 0.15) is 117 Å². The lowest BCUT2D eigenvalue weighted by Gasteiger charge is -2.26. The van der Waals surface area contributed by atoms with Crippen LogP contribution >= 0.6 is 0 Å². The normalized spacial score (nSPS) is 13.7. The van der Waals surface area contributed by atoms with Crippen LogP contribution in [0.3, 0.4) is 0 Å². The van der Waals surface area contributed by atoms with Crippen LogP contribution < -0.4 is 0 Å². The van der Waals surface area contributed by atoms with Gasteiger partial charge >= 0.3 is 0 Å². The summed E-state index contributed by atoms with van der Waals surface area (Å²) < 4.78 is 0. The molecule has 1 saturated carbocycles. The molecule has 0 aromatic heterocycles. The van der Waals surface area contributed by atoms with E-state index in [2.05, 4.69) is 86.8 Å². The van der Waals surface area contributed by atoms with E-state index in [4.69, 9.17) is 0 Å². The summed E-state index contributed by atoms with van der Waals surface area (Å²) in [6.07, 6.45) is 10.2. The van der Waals surface area contributed by atoms with Crippen molar-refractivity contribution in [3.63, 3.8) is 0 Å². The van der Waals surface area contributed by atoms with E-state index >= 15 is 0 Å². The van der Waals surface area contributed by atoms with Crippen LogP contribution in [0.4, 0.5) is 0 Å². The summed E-state index contributed by atoms with van der Waals surface area (Å²) in [4.78, 5) is 0. The van der Waals surface area contributed by atoms with Gasteiger partial charge in [0.05, 0.1) is 0 Å². The van der Waals surface area contributed by atoms with E-state index in [1.165, 1.54) is 47.9 Å². The molecule has 1 aromatic rings. The first-order chi connectivity index (χ1) is 13.3. The molecule has 0 nitrogen and oxygen atoms in total. The molecule has 1 aliphatic carbocycles. The van der Waals surface area contributed by atoms with Crippen LogP contribution in [0.2, 0.25) is 0 Å². The summed E-state index contributed by atoms with van der Waals surface area (Å²) in [6, 6.07) is 4.90. The third kappa shape index (κ3) is 9.26. The highest BCUT2D eigenvalue weighted by molar-refractivity contribution is 5.70. The average Bonchev–Trinajstić information content (AvgIpc) is 2.66. The molecule has 0 unspecified atom stereocenters. The number of hydrogen-bond donors (Lipinski definition) is 0. The monoisotopic (exact) mass is 386 g/mol. The molecular weight excluding hydrogens is 336 g/mol. The van der Waals surface area contributed by atoms with Crippen molar-refractivity contribution in [2.24, 2.45) is 5.92 Å². The molecular formula is C28H50. The Bertz CT molecular complexity index is 525. The van der Waals surface area contributed by atoms with Crippen LogP contribution in [0.5, 0.6) is 0 Å². The molecule has 0 radical (unpaired) electrons. The minimum atomic E-state index is 0.234. The fourth-order valence-corrected chi connectivity index (χ4v) is 3.31. The maximum atomic E-state index is 3.00. The third-order valence-electron chi connectivity index (χ3n) is 4.96. The Morgan fingerprint density at radius 2 is 1.36 bits per heavy atom. The average molecular weight is 387 g/mol. The standard InChI is InChI=1S/C21H32.C3H8.C2H6.C2H4/c1-7-17-13-19(21(4,5)6)14-18(8-2)20(17)15(3)12-16-10-9-11-16;1-3-2;2*1-2/h12-14,16H,7-11H2,1-6H3;3H2,1-2H3;1-2H3;1-2H2/b15-12+;;;. The van der Waals surface area contributed by atoms with Crippen molar-refractivity contribution in [2.75, 3.05) is 0 Å². The highest BCUT2D eigenvalue weighted by atomic mass is 14.2. The maximum absolute atomic E-state index is 3.00. The van der Waals surface area contributed by atoms with E-state index in [1.54, 1.807) is 5.56 Å². The van der Waals surface area contributed by atoms with Gasteiger partial charge < -0.3 is 0 Å². The van der Waals surface area contributed by atoms with Gasteiger partial charge in [-0.05, 0) is 71.8 Å². The molecule has 0 heteroatoms. The van der Waals surface area contributed by atoms with Crippen LogP contribution in [0, 0.1) is 5.92 Å². The van der Waals surface area contributed by atoms with Crippen molar-refractivity contribution >= 4 is 5.57 Å². The Hall–Kier alpha value is -1.30. The van der Waals surface area contributed by atoms with Gasteiger partial charge in [-0.2, -0.15) is 0 Å². The molecule has 0 N–H and O–H groups in total. The SMILES string of the molecule is C=C.CC.CCC.CCc1cc(C(C)(C)C)cc(CC)c1/C(C)=C/C1CCC1. The molecule has 162 valence electrons. The van der Waals surface area contributed by atoms with Crippen LogP contribution in [0.25, 0.3) is 5.57 Å². The first-order valence-electron chi connectivity index (χ1n) is 11.6. The van der Waals surface area contributed by atoms with E-state index in [1.807, 2.05) is 13.8 Å². The van der Waals surface area contributed by atoms with E-state index < -0.39 is 0 Å². The topological polar surface area (TPSA) is 0 Å². The van der Waals surface area contributed by atoms with Crippen LogP contribution in [-0.2, 0) is 18.3 Å². The van der Waals surface area contributed by atoms with Gasteiger partial charge in [0.25, 0.3) is 0 Å². The molecule has 28 heavy (non-hydrogen) atoms. The first kappa shape index (κ1) is 28.9. The molecule has 1 aromatic carbocycles. The highest BCUT2D eigenvalue weighted by Crippen LogP contribution is 2.35. The minimum absolute atomic E-state index is 0.234. The second-order valence-corrected chi connectivity index (χ2v) is 8.37. The highest BCUT2D eigenvalue weighted by Gasteiger charge is 2.20. The molecule has 0 amide bonds. The van der Waals surface area contributed by atoms with Crippen LogP contribution in [0.15, 0.2) is 31.4 Å². The summed E-state index contributed by atoms with van der Waals surface area (Å²) >= 11 is 0. The summed E-state index contributed by atoms with van der Waals surface area (Å²) in [7, 11) is 0. The van der Waals surface area contributed by atoms with Crippen molar-refractivity contribution in [1.82, 2.24) is 0 Å². The van der Waals surface area contributed by atoms with E-state index in [-0.39, 0.29) is 5.41 Å². The van der Waals surface area contributed by atoms with Gasteiger partial charge in [-0.3, -0.25) is 0 Å². The molecule has 0 saturated heterocycles. The number of benzene rings is 1. The molecule has 2 rings (SSSR count). The molecule has 0 aliphatic heterocycles. The fourth-order valence-electron chi connectivity index (χ4n) is 3.31. The molecule has 0 bridgehead atoms. The Kier molecular flexibility index (Phi) is 16.1. The van der Waals surface area contributed by atoms with Gasteiger partial charge in [0.2, 0.25) is 0 Å². The number of allylic oxidation sites excluding steroid dienone is 2. The van der Waals surface area contributed by atoms with Crippen molar-refractivity contribution in [2.45, 2.75) is 113 Å². The van der Waals surface area contributed by atoms with Crippen molar-refractivity contribution in [3.8, 4) is 0 Å². The van der Waals surface area contributed by atoms with E-state index in [0.717, 1.165) is 18.8 Å². The Morgan fingerprint density at radius 3 is 1.61 bits per heavy atom. The maximum Gasteiger partial charge on any atom is -0.0132 e. The summed E-state index contributed by atoms with van der Waals surface area (Å²) in [6.45, 7) is 28.1. The predicted octanol–water partition coefficient (Wildman–Crippen LogP) is 9.56. The lowest BCUT2D eigenvalue weighted by atomic mass is 9.79. The van der Waals surface area contributed by atoms with Gasteiger partial charge in [-0.25, -0.2) is 0 Å². The van der Waals surface area contributed by atoms with Gasteiger partial charge in [-0.1, -0.05) is 93.4 Å². The second-order valence-electron chi connectivity index (χ2n) is 8.37. The fraction of sp³-hybridized carbons (Fsp3) is 0.643. The largest absolute Gasteiger partial charge is 0.106 e. The zero-order chi connectivity index (χ0) is 22.3. The Morgan fingerprint density at radius 1 is 0.964 bits per heavy atom. The van der Waals surface area contributed by atoms with E-state index in [0.29, 0.717) is 0 Å². The zero-order valence-corrected chi connectivity index (χ0v) is 21.0. The molecule has 0 atom stereocenters. The molecule has 1 aliphatic rings. The van der Waals surface area contributed by atoms with Gasteiger partial charge in [0.15, 0.2) is 0 Å². The van der Waals surface area contributed by atoms with Crippen molar-refractivity contribution in [3.05, 3.63) is 53.6 Å². The number of aryl methyl sites for hydroxylation is 2. The second kappa shape index (κ2) is 15.6. The first-order valence-corrected chi connectivity index (χ1v) is 11.6. The summed E-state index contributed by atoms with van der Waals surface area (Å²) in [5.41, 5.74) is 7.84. The lowest BCUT2D eigenvalue weighted by Crippen LogP contribution is -2.14. The molecule has 0 heterocycles. The third-order valence-corrected chi connectivity index (χ3v) is 4.96. The van der Waals surface area contributed by atoms with Crippen molar-refractivity contribution < 1.29 is 0 Å². The zero-order valence-electron chi connectivity index (χ0n) is 21.0. The van der Waals surface area contributed by atoms with Gasteiger partial charge in [-0.15, -0.1) is 13.2 Å².